The Kier molecular flexibility index (Phi) is 2.51. The third-order valence-corrected chi connectivity index (χ3v) is 2.59. The minimum atomic E-state index is 1.02. The van der Waals surface area contributed by atoms with Gasteiger partial charge in [-0.15, -0.1) is 0 Å². The third-order valence-electron chi connectivity index (χ3n) is 1.67. The van der Waals surface area contributed by atoms with E-state index in [-0.39, 0.29) is 0 Å². The predicted molar refractivity (Wildman–Crippen MR) is 59.4 cm³/mol. The first-order chi connectivity index (χ1) is 6.25. The highest BCUT2D eigenvalue weighted by molar-refractivity contribution is 9.11. The molecular formula is C9H6Br2N2. The smallest absolute Gasteiger partial charge is 0.0650 e. The Hall–Kier alpha value is -0.610. The first-order valence-corrected chi connectivity index (χ1v) is 5.30. The Morgan fingerprint density at radius 1 is 1.08 bits per heavy atom. The van der Waals surface area contributed by atoms with E-state index in [2.05, 4.69) is 42.1 Å². The van der Waals surface area contributed by atoms with Crippen LogP contribution >= 0.6 is 31.9 Å². The van der Waals surface area contributed by atoms with E-state index in [9.17, 15) is 0 Å². The number of aromatic nitrogens is 2. The van der Waals surface area contributed by atoms with Crippen molar-refractivity contribution in [3.05, 3.63) is 39.4 Å². The van der Waals surface area contributed by atoms with Crippen molar-refractivity contribution < 1.29 is 0 Å². The lowest BCUT2D eigenvalue weighted by atomic mass is 10.2. The minimum absolute atomic E-state index is 1.02. The van der Waals surface area contributed by atoms with Crippen molar-refractivity contribution in [2.45, 2.75) is 0 Å². The maximum Gasteiger partial charge on any atom is 0.0650 e. The minimum Gasteiger partial charge on any atom is -0.278 e. The Balaban J connectivity index is 2.53. The molecule has 1 heterocycles. The Bertz CT molecular complexity index is 389. The van der Waals surface area contributed by atoms with Crippen LogP contribution in [-0.4, -0.2) is 10.2 Å². The highest BCUT2D eigenvalue weighted by Gasteiger charge is 2.00. The van der Waals surface area contributed by atoms with E-state index < -0.39 is 0 Å². The molecule has 0 atom stereocenters. The van der Waals surface area contributed by atoms with Crippen LogP contribution in [0.5, 0.6) is 0 Å². The first kappa shape index (κ1) is 8.97. The number of hydrogen-bond donors (Lipinski definition) is 1. The lowest BCUT2D eigenvalue weighted by molar-refractivity contribution is 1.09. The van der Waals surface area contributed by atoms with Gasteiger partial charge in [-0.05, 0) is 24.3 Å². The van der Waals surface area contributed by atoms with Crippen LogP contribution in [0.3, 0.4) is 0 Å². The van der Waals surface area contributed by atoms with Gasteiger partial charge >= 0.3 is 0 Å². The molecule has 0 amide bonds. The zero-order valence-electron chi connectivity index (χ0n) is 6.59. The van der Waals surface area contributed by atoms with Gasteiger partial charge in [0.15, 0.2) is 0 Å². The summed E-state index contributed by atoms with van der Waals surface area (Å²) >= 11 is 6.87. The molecule has 0 unspecified atom stereocenters. The molecule has 0 radical (unpaired) electrons. The largest absolute Gasteiger partial charge is 0.278 e. The van der Waals surface area contributed by atoms with Gasteiger partial charge in [-0.3, -0.25) is 5.10 Å². The standard InChI is InChI=1S/C9H6Br2N2/c10-7-3-6(4-8(11)5-7)9-1-2-12-13-9/h1-5H,(H,12,13). The summed E-state index contributed by atoms with van der Waals surface area (Å²) in [5.74, 6) is 0. The summed E-state index contributed by atoms with van der Waals surface area (Å²) in [5, 5.41) is 6.82. The van der Waals surface area contributed by atoms with Gasteiger partial charge in [0.1, 0.15) is 0 Å². The SMILES string of the molecule is Brc1cc(Br)cc(-c2ccn[nH]2)c1. The van der Waals surface area contributed by atoms with E-state index >= 15 is 0 Å². The molecule has 1 N–H and O–H groups in total. The van der Waals surface area contributed by atoms with Crippen molar-refractivity contribution in [2.24, 2.45) is 0 Å². The van der Waals surface area contributed by atoms with Crippen molar-refractivity contribution in [1.29, 1.82) is 0 Å². The molecule has 13 heavy (non-hydrogen) atoms. The predicted octanol–water partition coefficient (Wildman–Crippen LogP) is 3.60. The molecule has 2 rings (SSSR count). The molecule has 1 aromatic carbocycles. The van der Waals surface area contributed by atoms with E-state index in [0.717, 1.165) is 20.2 Å². The second kappa shape index (κ2) is 3.64. The second-order valence-electron chi connectivity index (χ2n) is 2.63. The fourth-order valence-electron chi connectivity index (χ4n) is 1.13. The highest BCUT2D eigenvalue weighted by atomic mass is 79.9. The highest BCUT2D eigenvalue weighted by Crippen LogP contribution is 2.25. The fourth-order valence-corrected chi connectivity index (χ4v) is 2.42. The summed E-state index contributed by atoms with van der Waals surface area (Å²) < 4.78 is 2.10. The van der Waals surface area contributed by atoms with Crippen LogP contribution in [-0.2, 0) is 0 Å². The quantitative estimate of drug-likeness (QED) is 0.856. The molecule has 0 aliphatic rings. The molecule has 0 aliphatic heterocycles. The molecule has 0 bridgehead atoms. The van der Waals surface area contributed by atoms with Gasteiger partial charge in [0.2, 0.25) is 0 Å². The number of aromatic amines is 1. The number of nitrogens with zero attached hydrogens (tertiary/aromatic N) is 1. The number of nitrogens with one attached hydrogen (secondary N) is 1. The molecule has 0 fully saturated rings. The average Bonchev–Trinajstić information content (AvgIpc) is 2.53. The zero-order valence-corrected chi connectivity index (χ0v) is 9.76. The molecule has 2 aromatic rings. The van der Waals surface area contributed by atoms with Gasteiger partial charge in [0, 0.05) is 20.7 Å². The average molecular weight is 302 g/mol. The van der Waals surface area contributed by atoms with E-state index in [1.807, 2.05) is 24.3 Å². The van der Waals surface area contributed by atoms with Crippen molar-refractivity contribution in [3.8, 4) is 11.3 Å². The van der Waals surface area contributed by atoms with E-state index in [4.69, 9.17) is 0 Å². The van der Waals surface area contributed by atoms with Crippen LogP contribution < -0.4 is 0 Å². The van der Waals surface area contributed by atoms with Crippen LogP contribution in [0.4, 0.5) is 0 Å². The summed E-state index contributed by atoms with van der Waals surface area (Å²) in [6.45, 7) is 0. The molecule has 0 aliphatic carbocycles. The van der Waals surface area contributed by atoms with Gasteiger partial charge in [0.25, 0.3) is 0 Å². The molecule has 1 aromatic heterocycles. The fraction of sp³-hybridized carbons (Fsp3) is 0. The van der Waals surface area contributed by atoms with Crippen LogP contribution in [0, 0.1) is 0 Å². The maximum absolute atomic E-state index is 3.90. The van der Waals surface area contributed by atoms with Crippen molar-refractivity contribution in [1.82, 2.24) is 10.2 Å². The molecule has 0 saturated heterocycles. The van der Waals surface area contributed by atoms with Crippen molar-refractivity contribution in [3.63, 3.8) is 0 Å². The molecule has 4 heteroatoms. The van der Waals surface area contributed by atoms with E-state index in [0.29, 0.717) is 0 Å². The molecular weight excluding hydrogens is 296 g/mol. The Morgan fingerprint density at radius 2 is 1.77 bits per heavy atom. The van der Waals surface area contributed by atoms with Gasteiger partial charge in [-0.25, -0.2) is 0 Å². The van der Waals surface area contributed by atoms with Crippen LogP contribution in [0.25, 0.3) is 11.3 Å². The lowest BCUT2D eigenvalue weighted by Gasteiger charge is -1.99. The summed E-state index contributed by atoms with van der Waals surface area (Å²) in [6.07, 6.45) is 1.74. The first-order valence-electron chi connectivity index (χ1n) is 3.71. The maximum atomic E-state index is 3.90. The zero-order chi connectivity index (χ0) is 9.26. The number of rotatable bonds is 1. The third kappa shape index (κ3) is 2.00. The molecule has 0 saturated carbocycles. The number of halogens is 2. The number of hydrogen-bond acceptors (Lipinski definition) is 1. The molecule has 0 spiro atoms. The normalized spacial score (nSPS) is 10.3. The monoisotopic (exact) mass is 300 g/mol. The summed E-state index contributed by atoms with van der Waals surface area (Å²) in [7, 11) is 0. The van der Waals surface area contributed by atoms with Gasteiger partial charge in [-0.1, -0.05) is 31.9 Å². The summed E-state index contributed by atoms with van der Waals surface area (Å²) in [5.41, 5.74) is 2.13. The van der Waals surface area contributed by atoms with Gasteiger partial charge < -0.3 is 0 Å². The van der Waals surface area contributed by atoms with Gasteiger partial charge in [0.05, 0.1) is 5.69 Å². The van der Waals surface area contributed by atoms with Crippen LogP contribution in [0.2, 0.25) is 0 Å². The lowest BCUT2D eigenvalue weighted by Crippen LogP contribution is -1.78. The summed E-state index contributed by atoms with van der Waals surface area (Å²) in [4.78, 5) is 0. The second-order valence-corrected chi connectivity index (χ2v) is 4.46. The number of benzene rings is 1. The topological polar surface area (TPSA) is 28.7 Å². The van der Waals surface area contributed by atoms with E-state index in [1.54, 1.807) is 6.20 Å². The van der Waals surface area contributed by atoms with E-state index in [1.165, 1.54) is 0 Å². The summed E-state index contributed by atoms with van der Waals surface area (Å²) in [6, 6.07) is 8.02. The Morgan fingerprint density at radius 3 is 2.31 bits per heavy atom. The van der Waals surface area contributed by atoms with Crippen LogP contribution in [0.15, 0.2) is 39.4 Å². The molecule has 66 valence electrons. The van der Waals surface area contributed by atoms with Gasteiger partial charge in [-0.2, -0.15) is 5.10 Å². The Labute approximate surface area is 92.6 Å². The van der Waals surface area contributed by atoms with Crippen molar-refractivity contribution in [2.75, 3.05) is 0 Å². The van der Waals surface area contributed by atoms with Crippen molar-refractivity contribution >= 4 is 31.9 Å². The van der Waals surface area contributed by atoms with Crippen LogP contribution in [0.1, 0.15) is 0 Å². The number of H-pyrrole nitrogens is 1. The molecule has 2 nitrogen and oxygen atoms in total.